The number of aromatic nitrogens is 2. The minimum absolute atomic E-state index is 0.0452. The van der Waals surface area contributed by atoms with Gasteiger partial charge in [0.05, 0.1) is 0 Å². The van der Waals surface area contributed by atoms with Crippen molar-refractivity contribution in [3.05, 3.63) is 45.8 Å². The standard InChI is InChI=1S/C14H14N4O3S/c1-16-5-2-3-10(12(16)20)13(21)17-6-7-18(11(19)9-17)14-15-4-8-22-14/h2-5,8H,6-7,9H2,1H3. The number of thiazole rings is 1. The zero-order valence-corrected chi connectivity index (χ0v) is 12.7. The Morgan fingerprint density at radius 2 is 2.14 bits per heavy atom. The molecule has 2 aromatic heterocycles. The Morgan fingerprint density at radius 3 is 2.82 bits per heavy atom. The van der Waals surface area contributed by atoms with Gasteiger partial charge in [-0.25, -0.2) is 4.98 Å². The third kappa shape index (κ3) is 2.52. The van der Waals surface area contributed by atoms with E-state index in [0.717, 1.165) is 0 Å². The summed E-state index contributed by atoms with van der Waals surface area (Å²) in [5.41, 5.74) is -0.275. The van der Waals surface area contributed by atoms with Crippen molar-refractivity contribution >= 4 is 28.3 Å². The molecule has 1 aliphatic heterocycles. The summed E-state index contributed by atoms with van der Waals surface area (Å²) >= 11 is 1.38. The number of rotatable bonds is 2. The van der Waals surface area contributed by atoms with Crippen LogP contribution in [0.25, 0.3) is 0 Å². The normalized spacial score (nSPS) is 15.2. The fourth-order valence-corrected chi connectivity index (χ4v) is 3.01. The molecule has 0 atom stereocenters. The smallest absolute Gasteiger partial charge is 0.263 e. The predicted octanol–water partition coefficient (Wildman–Crippen LogP) is 0.331. The number of carbonyl (C=O) groups is 2. The second-order valence-corrected chi connectivity index (χ2v) is 5.80. The Hall–Kier alpha value is -2.48. The third-order valence-electron chi connectivity index (χ3n) is 3.51. The number of nitrogens with zero attached hydrogens (tertiary/aromatic N) is 4. The molecular weight excluding hydrogens is 304 g/mol. The maximum atomic E-state index is 12.4. The van der Waals surface area contributed by atoms with Crippen LogP contribution in [0.1, 0.15) is 10.4 Å². The molecule has 114 valence electrons. The average molecular weight is 318 g/mol. The van der Waals surface area contributed by atoms with Crippen molar-refractivity contribution < 1.29 is 9.59 Å². The van der Waals surface area contributed by atoms with Crippen molar-refractivity contribution in [2.75, 3.05) is 24.5 Å². The van der Waals surface area contributed by atoms with E-state index in [1.165, 1.54) is 26.9 Å². The van der Waals surface area contributed by atoms with Gasteiger partial charge in [-0.05, 0) is 12.1 Å². The zero-order chi connectivity index (χ0) is 15.7. The van der Waals surface area contributed by atoms with Gasteiger partial charge in [-0.1, -0.05) is 0 Å². The highest BCUT2D eigenvalue weighted by molar-refractivity contribution is 7.13. The molecule has 0 unspecified atom stereocenters. The molecule has 2 aromatic rings. The van der Waals surface area contributed by atoms with E-state index in [0.29, 0.717) is 18.2 Å². The number of pyridine rings is 1. The Balaban J connectivity index is 1.78. The van der Waals surface area contributed by atoms with Crippen LogP contribution in [0, 0.1) is 0 Å². The molecule has 0 radical (unpaired) electrons. The first kappa shape index (κ1) is 14.5. The van der Waals surface area contributed by atoms with Gasteiger partial charge in [-0.15, -0.1) is 11.3 Å². The van der Waals surface area contributed by atoms with Gasteiger partial charge in [-0.3, -0.25) is 19.3 Å². The summed E-state index contributed by atoms with van der Waals surface area (Å²) < 4.78 is 1.35. The Kier molecular flexibility index (Phi) is 3.76. The van der Waals surface area contributed by atoms with Crippen LogP contribution in [0.5, 0.6) is 0 Å². The van der Waals surface area contributed by atoms with E-state index in [1.54, 1.807) is 35.8 Å². The Morgan fingerprint density at radius 1 is 1.32 bits per heavy atom. The molecule has 0 aliphatic carbocycles. The molecule has 0 aromatic carbocycles. The van der Waals surface area contributed by atoms with Gasteiger partial charge in [0, 0.05) is 37.9 Å². The number of anilines is 1. The lowest BCUT2D eigenvalue weighted by Gasteiger charge is -2.32. The van der Waals surface area contributed by atoms with Crippen molar-refractivity contribution in [1.82, 2.24) is 14.5 Å². The topological polar surface area (TPSA) is 75.5 Å². The quantitative estimate of drug-likeness (QED) is 0.800. The molecule has 1 saturated heterocycles. The number of carbonyl (C=O) groups excluding carboxylic acids is 2. The van der Waals surface area contributed by atoms with Crippen molar-refractivity contribution in [1.29, 1.82) is 0 Å². The summed E-state index contributed by atoms with van der Waals surface area (Å²) in [5.74, 6) is -0.601. The Labute approximate surface area is 130 Å². The molecule has 1 fully saturated rings. The molecule has 0 bridgehead atoms. The fourth-order valence-electron chi connectivity index (χ4n) is 2.33. The highest BCUT2D eigenvalue weighted by atomic mass is 32.1. The van der Waals surface area contributed by atoms with Crippen LogP contribution in [-0.4, -0.2) is 45.9 Å². The van der Waals surface area contributed by atoms with Gasteiger partial charge >= 0.3 is 0 Å². The number of hydrogen-bond acceptors (Lipinski definition) is 5. The van der Waals surface area contributed by atoms with Crippen LogP contribution in [0.2, 0.25) is 0 Å². The van der Waals surface area contributed by atoms with Crippen molar-refractivity contribution in [3.63, 3.8) is 0 Å². The number of hydrogen-bond donors (Lipinski definition) is 0. The maximum Gasteiger partial charge on any atom is 0.263 e. The molecule has 0 spiro atoms. The van der Waals surface area contributed by atoms with Crippen molar-refractivity contribution in [3.8, 4) is 0 Å². The van der Waals surface area contributed by atoms with Gasteiger partial charge in [0.1, 0.15) is 12.1 Å². The second kappa shape index (κ2) is 5.72. The molecule has 7 nitrogen and oxygen atoms in total. The minimum atomic E-state index is -0.409. The Bertz CT molecular complexity index is 769. The summed E-state index contributed by atoms with van der Waals surface area (Å²) in [6.07, 6.45) is 3.23. The summed E-state index contributed by atoms with van der Waals surface area (Å²) in [6, 6.07) is 3.13. The lowest BCUT2D eigenvalue weighted by Crippen LogP contribution is -2.53. The molecule has 3 heterocycles. The molecule has 22 heavy (non-hydrogen) atoms. The van der Waals surface area contributed by atoms with Gasteiger partial charge in [-0.2, -0.15) is 0 Å². The van der Waals surface area contributed by atoms with Crippen LogP contribution >= 0.6 is 11.3 Å². The highest BCUT2D eigenvalue weighted by Crippen LogP contribution is 2.20. The van der Waals surface area contributed by atoms with E-state index in [1.807, 2.05) is 0 Å². The van der Waals surface area contributed by atoms with Crippen LogP contribution in [0.4, 0.5) is 5.13 Å². The number of amides is 2. The lowest BCUT2D eigenvalue weighted by atomic mass is 10.2. The molecule has 8 heteroatoms. The lowest BCUT2D eigenvalue weighted by molar-refractivity contribution is -0.120. The molecular formula is C14H14N4O3S. The van der Waals surface area contributed by atoms with Crippen molar-refractivity contribution in [2.45, 2.75) is 0 Å². The van der Waals surface area contributed by atoms with E-state index in [-0.39, 0.29) is 23.6 Å². The van der Waals surface area contributed by atoms with E-state index < -0.39 is 5.91 Å². The van der Waals surface area contributed by atoms with Crippen molar-refractivity contribution in [2.24, 2.45) is 7.05 Å². The van der Waals surface area contributed by atoms with Crippen LogP contribution in [0.15, 0.2) is 34.7 Å². The molecule has 0 N–H and O–H groups in total. The van der Waals surface area contributed by atoms with Gasteiger partial charge in [0.2, 0.25) is 5.91 Å². The predicted molar refractivity (Wildman–Crippen MR) is 82.1 cm³/mol. The van der Waals surface area contributed by atoms with Crippen LogP contribution in [-0.2, 0) is 11.8 Å². The summed E-state index contributed by atoms with van der Waals surface area (Å²) in [7, 11) is 1.59. The highest BCUT2D eigenvalue weighted by Gasteiger charge is 2.30. The summed E-state index contributed by atoms with van der Waals surface area (Å²) in [6.45, 7) is 0.712. The molecule has 3 rings (SSSR count). The minimum Gasteiger partial charge on any atom is -0.327 e. The first-order chi connectivity index (χ1) is 10.6. The van der Waals surface area contributed by atoms with E-state index in [9.17, 15) is 14.4 Å². The van der Waals surface area contributed by atoms with Gasteiger partial charge in [0.15, 0.2) is 5.13 Å². The monoisotopic (exact) mass is 318 g/mol. The summed E-state index contributed by atoms with van der Waals surface area (Å²) in [4.78, 5) is 43.7. The average Bonchev–Trinajstić information content (AvgIpc) is 3.03. The SMILES string of the molecule is Cn1cccc(C(=O)N2CCN(c3nccs3)C(=O)C2)c1=O. The first-order valence-corrected chi connectivity index (χ1v) is 7.60. The third-order valence-corrected chi connectivity index (χ3v) is 4.31. The van der Waals surface area contributed by atoms with Gasteiger partial charge < -0.3 is 9.47 Å². The van der Waals surface area contributed by atoms with Gasteiger partial charge in [0.25, 0.3) is 11.5 Å². The van der Waals surface area contributed by atoms with Crippen LogP contribution in [0.3, 0.4) is 0 Å². The fraction of sp³-hybridized carbons (Fsp3) is 0.286. The first-order valence-electron chi connectivity index (χ1n) is 6.72. The van der Waals surface area contributed by atoms with E-state index in [2.05, 4.69) is 4.98 Å². The second-order valence-electron chi connectivity index (χ2n) is 4.92. The van der Waals surface area contributed by atoms with E-state index in [4.69, 9.17) is 0 Å². The zero-order valence-electron chi connectivity index (χ0n) is 11.9. The number of aryl methyl sites for hydroxylation is 1. The maximum absolute atomic E-state index is 12.4. The van der Waals surface area contributed by atoms with E-state index >= 15 is 0 Å². The summed E-state index contributed by atoms with van der Waals surface area (Å²) in [5, 5.41) is 2.43. The number of piperazine rings is 1. The molecule has 1 aliphatic rings. The molecule has 2 amide bonds. The van der Waals surface area contributed by atoms with Crippen LogP contribution < -0.4 is 10.5 Å². The largest absolute Gasteiger partial charge is 0.327 e. The molecule has 0 saturated carbocycles.